The molecule has 1 aliphatic carbocycles. The number of nitrogens with zero attached hydrogens (tertiary/aromatic N) is 3. The Labute approximate surface area is 121 Å². The molecule has 0 atom stereocenters. The molecule has 5 heteroatoms. The van der Waals surface area contributed by atoms with Crippen molar-refractivity contribution in [2.45, 2.75) is 32.1 Å². The maximum absolute atomic E-state index is 12.5. The monoisotopic (exact) mass is 279 g/mol. The Kier molecular flexibility index (Phi) is 6.28. The molecule has 0 aromatic carbocycles. The van der Waals surface area contributed by atoms with Crippen LogP contribution >= 0.6 is 0 Å². The molecule has 1 aliphatic heterocycles. The molecule has 2 aliphatic rings. The fourth-order valence-corrected chi connectivity index (χ4v) is 3.04. The van der Waals surface area contributed by atoms with E-state index < -0.39 is 0 Å². The van der Waals surface area contributed by atoms with E-state index in [4.69, 9.17) is 10.00 Å². The summed E-state index contributed by atoms with van der Waals surface area (Å²) < 4.78 is 5.33. The maximum Gasteiger partial charge on any atom is 0.225 e. The minimum Gasteiger partial charge on any atom is -0.379 e. The van der Waals surface area contributed by atoms with Crippen molar-refractivity contribution in [1.82, 2.24) is 9.80 Å². The summed E-state index contributed by atoms with van der Waals surface area (Å²) in [5.74, 6) is 0.476. The standard InChI is InChI=1S/C15H25N3O2/c16-6-3-7-18(15(19)14-4-1-2-5-14)9-8-17-10-12-20-13-11-17/h14H,1-5,7-13H2. The third kappa shape index (κ3) is 4.46. The van der Waals surface area contributed by atoms with E-state index in [1.807, 2.05) is 4.90 Å². The van der Waals surface area contributed by atoms with Crippen LogP contribution in [0.25, 0.3) is 0 Å². The average Bonchev–Trinajstić information content (AvgIpc) is 3.02. The molecule has 1 saturated heterocycles. The van der Waals surface area contributed by atoms with Gasteiger partial charge in [0.2, 0.25) is 5.91 Å². The lowest BCUT2D eigenvalue weighted by Gasteiger charge is -2.31. The smallest absolute Gasteiger partial charge is 0.225 e. The van der Waals surface area contributed by atoms with Gasteiger partial charge in [0.1, 0.15) is 0 Å². The zero-order valence-electron chi connectivity index (χ0n) is 12.2. The number of hydrogen-bond acceptors (Lipinski definition) is 4. The van der Waals surface area contributed by atoms with Gasteiger partial charge in [-0.1, -0.05) is 12.8 Å². The summed E-state index contributed by atoms with van der Waals surface area (Å²) in [4.78, 5) is 16.7. The van der Waals surface area contributed by atoms with E-state index in [-0.39, 0.29) is 11.8 Å². The van der Waals surface area contributed by atoms with Gasteiger partial charge in [-0.3, -0.25) is 9.69 Å². The molecule has 1 amide bonds. The van der Waals surface area contributed by atoms with Gasteiger partial charge in [-0.15, -0.1) is 0 Å². The fourth-order valence-electron chi connectivity index (χ4n) is 3.04. The highest BCUT2D eigenvalue weighted by Crippen LogP contribution is 2.26. The summed E-state index contributed by atoms with van der Waals surface area (Å²) in [5.41, 5.74) is 0. The Morgan fingerprint density at radius 2 is 1.95 bits per heavy atom. The Morgan fingerprint density at radius 1 is 1.25 bits per heavy atom. The van der Waals surface area contributed by atoms with E-state index in [1.165, 1.54) is 12.8 Å². The first kappa shape index (κ1) is 15.3. The van der Waals surface area contributed by atoms with Crippen LogP contribution in [-0.4, -0.2) is 61.6 Å². The Morgan fingerprint density at radius 3 is 2.60 bits per heavy atom. The lowest BCUT2D eigenvalue weighted by Crippen LogP contribution is -2.44. The lowest BCUT2D eigenvalue weighted by molar-refractivity contribution is -0.135. The van der Waals surface area contributed by atoms with Crippen LogP contribution < -0.4 is 0 Å². The second kappa shape index (κ2) is 8.23. The second-order valence-electron chi connectivity index (χ2n) is 5.67. The number of amides is 1. The summed E-state index contributed by atoms with van der Waals surface area (Å²) in [6, 6.07) is 2.15. The topological polar surface area (TPSA) is 56.6 Å². The molecule has 2 rings (SSSR count). The van der Waals surface area contributed by atoms with E-state index >= 15 is 0 Å². The first-order valence-electron chi connectivity index (χ1n) is 7.77. The molecule has 0 unspecified atom stereocenters. The summed E-state index contributed by atoms with van der Waals surface area (Å²) in [6.45, 7) is 5.69. The van der Waals surface area contributed by atoms with Crippen molar-refractivity contribution in [3.63, 3.8) is 0 Å². The van der Waals surface area contributed by atoms with E-state index in [1.54, 1.807) is 0 Å². The van der Waals surface area contributed by atoms with E-state index in [0.29, 0.717) is 13.0 Å². The van der Waals surface area contributed by atoms with Gasteiger partial charge in [0, 0.05) is 38.6 Å². The minimum atomic E-state index is 0.207. The van der Waals surface area contributed by atoms with Gasteiger partial charge in [0.05, 0.1) is 25.7 Å². The van der Waals surface area contributed by atoms with Gasteiger partial charge in [-0.05, 0) is 12.8 Å². The predicted molar refractivity (Wildman–Crippen MR) is 76.0 cm³/mol. The Hall–Kier alpha value is -1.12. The number of carbonyl (C=O) groups excluding carboxylic acids is 1. The van der Waals surface area contributed by atoms with Crippen molar-refractivity contribution in [1.29, 1.82) is 5.26 Å². The highest BCUT2D eigenvalue weighted by molar-refractivity contribution is 5.79. The lowest BCUT2D eigenvalue weighted by atomic mass is 10.1. The summed E-state index contributed by atoms with van der Waals surface area (Å²) in [7, 11) is 0. The number of nitriles is 1. The average molecular weight is 279 g/mol. The third-order valence-corrected chi connectivity index (χ3v) is 4.30. The molecule has 1 heterocycles. The molecular formula is C15H25N3O2. The highest BCUT2D eigenvalue weighted by Gasteiger charge is 2.27. The fraction of sp³-hybridized carbons (Fsp3) is 0.867. The molecule has 0 bridgehead atoms. The van der Waals surface area contributed by atoms with Crippen LogP contribution in [0.2, 0.25) is 0 Å². The molecule has 20 heavy (non-hydrogen) atoms. The number of hydrogen-bond donors (Lipinski definition) is 0. The Bertz CT molecular complexity index is 342. The van der Waals surface area contributed by atoms with Crippen molar-refractivity contribution in [3.05, 3.63) is 0 Å². The first-order valence-corrected chi connectivity index (χ1v) is 7.77. The normalized spacial score (nSPS) is 20.8. The largest absolute Gasteiger partial charge is 0.379 e. The highest BCUT2D eigenvalue weighted by atomic mass is 16.5. The van der Waals surface area contributed by atoms with Crippen LogP contribution in [0.3, 0.4) is 0 Å². The molecule has 0 aromatic rings. The van der Waals surface area contributed by atoms with E-state index in [0.717, 1.165) is 52.2 Å². The molecule has 0 aromatic heterocycles. The zero-order chi connectivity index (χ0) is 14.2. The van der Waals surface area contributed by atoms with Crippen LogP contribution in [0.15, 0.2) is 0 Å². The summed E-state index contributed by atoms with van der Waals surface area (Å²) in [6.07, 6.45) is 4.83. The van der Waals surface area contributed by atoms with Gasteiger partial charge in [0.25, 0.3) is 0 Å². The second-order valence-corrected chi connectivity index (χ2v) is 5.67. The van der Waals surface area contributed by atoms with Crippen LogP contribution in [0.1, 0.15) is 32.1 Å². The first-order chi connectivity index (χ1) is 9.81. The number of ether oxygens (including phenoxy) is 1. The van der Waals surface area contributed by atoms with Crippen LogP contribution in [0.5, 0.6) is 0 Å². The number of morpholine rings is 1. The molecular weight excluding hydrogens is 254 g/mol. The molecule has 0 spiro atoms. The third-order valence-electron chi connectivity index (χ3n) is 4.30. The quantitative estimate of drug-likeness (QED) is 0.734. The molecule has 112 valence electrons. The van der Waals surface area contributed by atoms with Crippen molar-refractivity contribution < 1.29 is 9.53 Å². The summed E-state index contributed by atoms with van der Waals surface area (Å²) in [5, 5.41) is 8.76. The van der Waals surface area contributed by atoms with Crippen molar-refractivity contribution in [2.24, 2.45) is 5.92 Å². The van der Waals surface area contributed by atoms with Crippen molar-refractivity contribution in [3.8, 4) is 6.07 Å². The van der Waals surface area contributed by atoms with Crippen LogP contribution in [0, 0.1) is 17.2 Å². The summed E-state index contributed by atoms with van der Waals surface area (Å²) >= 11 is 0. The molecule has 0 N–H and O–H groups in total. The van der Waals surface area contributed by atoms with Gasteiger partial charge >= 0.3 is 0 Å². The predicted octanol–water partition coefficient (Wildman–Crippen LogP) is 1.25. The SMILES string of the molecule is N#CCCN(CCN1CCOCC1)C(=O)C1CCCC1. The molecule has 1 saturated carbocycles. The molecule has 0 radical (unpaired) electrons. The van der Waals surface area contributed by atoms with E-state index in [9.17, 15) is 4.79 Å². The molecule has 2 fully saturated rings. The van der Waals surface area contributed by atoms with Gasteiger partial charge in [-0.25, -0.2) is 0 Å². The number of carbonyl (C=O) groups is 1. The van der Waals surface area contributed by atoms with Gasteiger partial charge in [-0.2, -0.15) is 5.26 Å². The Balaban J connectivity index is 1.82. The number of rotatable bonds is 6. The molecule has 5 nitrogen and oxygen atoms in total. The van der Waals surface area contributed by atoms with Gasteiger partial charge < -0.3 is 9.64 Å². The van der Waals surface area contributed by atoms with E-state index in [2.05, 4.69) is 11.0 Å². The minimum absolute atomic E-state index is 0.207. The van der Waals surface area contributed by atoms with Crippen molar-refractivity contribution in [2.75, 3.05) is 45.9 Å². The van der Waals surface area contributed by atoms with Crippen LogP contribution in [0.4, 0.5) is 0 Å². The zero-order valence-corrected chi connectivity index (χ0v) is 12.2. The van der Waals surface area contributed by atoms with Crippen molar-refractivity contribution >= 4 is 5.91 Å². The maximum atomic E-state index is 12.5. The van der Waals surface area contributed by atoms with Gasteiger partial charge in [0.15, 0.2) is 0 Å². The van der Waals surface area contributed by atoms with Crippen LogP contribution in [-0.2, 0) is 9.53 Å².